The second kappa shape index (κ2) is 7.74. The maximum atomic E-state index is 12.4. The number of aromatic amines is 1. The molecule has 0 radical (unpaired) electrons. The number of nitrogens with one attached hydrogen (secondary N) is 2. The lowest BCUT2D eigenvalue weighted by Crippen LogP contribution is -2.15. The van der Waals surface area contributed by atoms with Crippen LogP contribution in [0, 0.1) is 0 Å². The van der Waals surface area contributed by atoms with Gasteiger partial charge in [-0.1, -0.05) is 12.1 Å². The Labute approximate surface area is 164 Å². The van der Waals surface area contributed by atoms with E-state index in [1.165, 1.54) is 22.2 Å². The third-order valence-electron chi connectivity index (χ3n) is 4.48. The molecule has 0 saturated heterocycles. The number of para-hydroxylation sites is 2. The third kappa shape index (κ3) is 3.72. The maximum absolute atomic E-state index is 12.4. The van der Waals surface area contributed by atoms with Crippen molar-refractivity contribution >= 4 is 44.9 Å². The van der Waals surface area contributed by atoms with Crippen molar-refractivity contribution in [1.29, 1.82) is 0 Å². The van der Waals surface area contributed by atoms with Crippen molar-refractivity contribution in [3.8, 4) is 5.75 Å². The van der Waals surface area contributed by atoms with Gasteiger partial charge in [0.2, 0.25) is 5.91 Å². The quantitative estimate of drug-likeness (QED) is 0.662. The number of rotatable bonds is 6. The molecule has 0 saturated carbocycles. The van der Waals surface area contributed by atoms with E-state index >= 15 is 0 Å². The van der Waals surface area contributed by atoms with E-state index in [-0.39, 0.29) is 17.2 Å². The van der Waals surface area contributed by atoms with Crippen LogP contribution in [0.4, 0.5) is 5.69 Å². The third-order valence-corrected chi connectivity index (χ3v) is 6.61. The van der Waals surface area contributed by atoms with Gasteiger partial charge in [-0.05, 0) is 37.0 Å². The van der Waals surface area contributed by atoms with Gasteiger partial charge in [0.05, 0.1) is 29.7 Å². The number of hydrogen-bond acceptors (Lipinski definition) is 6. The molecule has 4 rings (SSSR count). The van der Waals surface area contributed by atoms with Crippen molar-refractivity contribution in [1.82, 2.24) is 9.97 Å². The van der Waals surface area contributed by atoms with Crippen molar-refractivity contribution in [2.45, 2.75) is 25.0 Å². The van der Waals surface area contributed by atoms with Gasteiger partial charge >= 0.3 is 0 Å². The van der Waals surface area contributed by atoms with Crippen molar-refractivity contribution in [3.63, 3.8) is 0 Å². The van der Waals surface area contributed by atoms with Gasteiger partial charge in [0.25, 0.3) is 5.56 Å². The summed E-state index contributed by atoms with van der Waals surface area (Å²) in [5, 5.41) is 3.60. The standard InChI is InChI=1S/C19H19N3O3S2/c1-25-13-7-3-2-6-12(13)20-16(23)10-26-9-15-21-18(24)17-11-5-4-8-14(11)27-19(17)22-15/h2-3,6-7H,4-5,8-10H2,1H3,(H,20,23)(H,21,22,24). The number of thioether (sulfide) groups is 1. The number of carbonyl (C=O) groups excluding carboxylic acids is 1. The highest BCUT2D eigenvalue weighted by molar-refractivity contribution is 7.99. The summed E-state index contributed by atoms with van der Waals surface area (Å²) in [5.74, 6) is 1.86. The van der Waals surface area contributed by atoms with Gasteiger partial charge in [0, 0.05) is 4.88 Å². The highest BCUT2D eigenvalue weighted by Crippen LogP contribution is 2.34. The molecule has 1 aliphatic rings. The molecule has 27 heavy (non-hydrogen) atoms. The van der Waals surface area contributed by atoms with Crippen LogP contribution in [0.5, 0.6) is 5.75 Å². The average molecular weight is 402 g/mol. The lowest BCUT2D eigenvalue weighted by molar-refractivity contribution is -0.113. The molecule has 0 spiro atoms. The van der Waals surface area contributed by atoms with Gasteiger partial charge in [0.15, 0.2) is 0 Å². The van der Waals surface area contributed by atoms with Crippen molar-refractivity contribution in [3.05, 3.63) is 50.9 Å². The summed E-state index contributed by atoms with van der Waals surface area (Å²) in [6.07, 6.45) is 3.13. The lowest BCUT2D eigenvalue weighted by atomic mass is 10.2. The van der Waals surface area contributed by atoms with Crippen molar-refractivity contribution in [2.75, 3.05) is 18.2 Å². The van der Waals surface area contributed by atoms with Gasteiger partial charge in [-0.2, -0.15) is 0 Å². The van der Waals surface area contributed by atoms with E-state index in [0.29, 0.717) is 23.0 Å². The molecular formula is C19H19N3O3S2. The number of thiophene rings is 1. The highest BCUT2D eigenvalue weighted by atomic mass is 32.2. The molecule has 2 heterocycles. The van der Waals surface area contributed by atoms with E-state index in [9.17, 15) is 9.59 Å². The van der Waals surface area contributed by atoms with Crippen LogP contribution < -0.4 is 15.6 Å². The van der Waals surface area contributed by atoms with Crippen LogP contribution in [-0.4, -0.2) is 28.7 Å². The Morgan fingerprint density at radius 1 is 1.37 bits per heavy atom. The summed E-state index contributed by atoms with van der Waals surface area (Å²) in [6.45, 7) is 0. The Morgan fingerprint density at radius 2 is 2.22 bits per heavy atom. The molecule has 0 aliphatic heterocycles. The molecule has 1 amide bonds. The summed E-state index contributed by atoms with van der Waals surface area (Å²) in [4.78, 5) is 34.2. The first kappa shape index (κ1) is 18.1. The molecule has 2 N–H and O–H groups in total. The first-order chi connectivity index (χ1) is 13.2. The second-order valence-electron chi connectivity index (χ2n) is 6.29. The number of carbonyl (C=O) groups is 1. The number of anilines is 1. The number of benzene rings is 1. The number of H-pyrrole nitrogens is 1. The number of methoxy groups -OCH3 is 1. The number of fused-ring (bicyclic) bond motifs is 3. The predicted molar refractivity (Wildman–Crippen MR) is 110 cm³/mol. The van der Waals surface area contributed by atoms with Crippen LogP contribution in [0.1, 0.15) is 22.7 Å². The van der Waals surface area contributed by atoms with Gasteiger partial charge < -0.3 is 15.0 Å². The molecule has 0 unspecified atom stereocenters. The number of aryl methyl sites for hydroxylation is 2. The highest BCUT2D eigenvalue weighted by Gasteiger charge is 2.21. The molecule has 140 valence electrons. The smallest absolute Gasteiger partial charge is 0.259 e. The summed E-state index contributed by atoms with van der Waals surface area (Å²) in [6, 6.07) is 7.28. The van der Waals surface area contributed by atoms with Crippen LogP contribution in [0.3, 0.4) is 0 Å². The lowest BCUT2D eigenvalue weighted by Gasteiger charge is -2.09. The fourth-order valence-corrected chi connectivity index (χ4v) is 5.26. The number of ether oxygens (including phenoxy) is 1. The van der Waals surface area contributed by atoms with E-state index < -0.39 is 0 Å². The summed E-state index contributed by atoms with van der Waals surface area (Å²) >= 11 is 3.04. The zero-order chi connectivity index (χ0) is 18.8. The maximum Gasteiger partial charge on any atom is 0.259 e. The minimum Gasteiger partial charge on any atom is -0.495 e. The number of amides is 1. The molecule has 3 aromatic rings. The Bertz CT molecular complexity index is 1060. The molecule has 0 bridgehead atoms. The monoisotopic (exact) mass is 401 g/mol. The Morgan fingerprint density at radius 3 is 3.07 bits per heavy atom. The average Bonchev–Trinajstić information content (AvgIpc) is 3.22. The normalized spacial score (nSPS) is 12.9. The molecule has 0 fully saturated rings. The fourth-order valence-electron chi connectivity index (χ4n) is 3.29. The van der Waals surface area contributed by atoms with Crippen LogP contribution in [-0.2, 0) is 23.4 Å². The van der Waals surface area contributed by atoms with E-state index in [1.807, 2.05) is 12.1 Å². The van der Waals surface area contributed by atoms with E-state index in [1.54, 1.807) is 30.6 Å². The van der Waals surface area contributed by atoms with Crippen LogP contribution in [0.2, 0.25) is 0 Å². The van der Waals surface area contributed by atoms with Crippen molar-refractivity contribution in [2.24, 2.45) is 0 Å². The number of aromatic nitrogens is 2. The number of nitrogens with zero attached hydrogens (tertiary/aromatic N) is 1. The van der Waals surface area contributed by atoms with Gasteiger partial charge in [-0.25, -0.2) is 4.98 Å². The van der Waals surface area contributed by atoms with Crippen molar-refractivity contribution < 1.29 is 9.53 Å². The van der Waals surface area contributed by atoms with E-state index in [4.69, 9.17) is 4.74 Å². The second-order valence-corrected chi connectivity index (χ2v) is 8.36. The van der Waals surface area contributed by atoms with Gasteiger partial charge in [-0.3, -0.25) is 9.59 Å². The van der Waals surface area contributed by atoms with Crippen LogP contribution in [0.25, 0.3) is 10.2 Å². The van der Waals surface area contributed by atoms with Crippen LogP contribution in [0.15, 0.2) is 29.1 Å². The van der Waals surface area contributed by atoms with Crippen LogP contribution >= 0.6 is 23.1 Å². The molecule has 8 heteroatoms. The zero-order valence-corrected chi connectivity index (χ0v) is 16.5. The Hall–Kier alpha value is -2.32. The SMILES string of the molecule is COc1ccccc1NC(=O)CSCc1nc2sc3c(c2c(=O)[nH]1)CCC3. The summed E-state index contributed by atoms with van der Waals surface area (Å²) < 4.78 is 5.23. The van der Waals surface area contributed by atoms with E-state index in [2.05, 4.69) is 15.3 Å². The first-order valence-electron chi connectivity index (χ1n) is 8.69. The summed E-state index contributed by atoms with van der Waals surface area (Å²) in [5.41, 5.74) is 1.76. The molecule has 2 aromatic heterocycles. The predicted octanol–water partition coefficient (Wildman–Crippen LogP) is 3.35. The topological polar surface area (TPSA) is 84.1 Å². The zero-order valence-electron chi connectivity index (χ0n) is 14.8. The minimum atomic E-state index is -0.122. The molecule has 0 atom stereocenters. The fraction of sp³-hybridized carbons (Fsp3) is 0.316. The van der Waals surface area contributed by atoms with Gasteiger partial charge in [0.1, 0.15) is 16.4 Å². The number of hydrogen-bond donors (Lipinski definition) is 2. The first-order valence-corrected chi connectivity index (χ1v) is 10.7. The van der Waals surface area contributed by atoms with E-state index in [0.717, 1.165) is 29.5 Å². The Balaban J connectivity index is 1.39. The molecule has 1 aliphatic carbocycles. The Kier molecular flexibility index (Phi) is 5.18. The largest absolute Gasteiger partial charge is 0.495 e. The van der Waals surface area contributed by atoms with Gasteiger partial charge in [-0.15, -0.1) is 23.1 Å². The summed E-state index contributed by atoms with van der Waals surface area (Å²) in [7, 11) is 1.57. The molecule has 1 aromatic carbocycles. The molecular weight excluding hydrogens is 382 g/mol. The molecule has 6 nitrogen and oxygen atoms in total. The minimum absolute atomic E-state index is 0.0616.